The average molecular weight is 354 g/mol. The number of aliphatic hydroxyl groups excluding tert-OH is 1. The molecule has 1 atom stereocenters. The van der Waals surface area contributed by atoms with Crippen LogP contribution in [0.4, 0.5) is 0 Å². The second-order valence-electron chi connectivity index (χ2n) is 5.76. The summed E-state index contributed by atoms with van der Waals surface area (Å²) in [6.45, 7) is 1.44. The van der Waals surface area contributed by atoms with Crippen molar-refractivity contribution in [2.45, 2.75) is 13.0 Å². The van der Waals surface area contributed by atoms with Crippen LogP contribution in [0.25, 0.3) is 22.1 Å². The van der Waals surface area contributed by atoms with E-state index in [0.717, 1.165) is 22.1 Å². The first-order valence-corrected chi connectivity index (χ1v) is 8.02. The van der Waals surface area contributed by atoms with E-state index in [9.17, 15) is 14.7 Å². The zero-order chi connectivity index (χ0) is 18.7. The molecule has 134 valence electrons. The van der Waals surface area contributed by atoms with Gasteiger partial charge in [0.2, 0.25) is 6.10 Å². The van der Waals surface area contributed by atoms with E-state index in [1.54, 1.807) is 12.1 Å². The Balaban J connectivity index is 2.08. The SMILES string of the molecule is COC(=O)C(CO)Oc1ccc2c(-c3ccccc3C)cc(=O)oc2c1. The third-order valence-electron chi connectivity index (χ3n) is 4.06. The summed E-state index contributed by atoms with van der Waals surface area (Å²) >= 11 is 0. The molecule has 1 heterocycles. The molecule has 1 aromatic heterocycles. The molecular formula is C20H18O6. The van der Waals surface area contributed by atoms with Crippen LogP contribution in [0.3, 0.4) is 0 Å². The number of hydrogen-bond donors (Lipinski definition) is 1. The summed E-state index contributed by atoms with van der Waals surface area (Å²) in [7, 11) is 1.21. The lowest BCUT2D eigenvalue weighted by atomic mass is 9.98. The molecule has 26 heavy (non-hydrogen) atoms. The van der Waals surface area contributed by atoms with Gasteiger partial charge in [0, 0.05) is 23.1 Å². The fraction of sp³-hybridized carbons (Fsp3) is 0.200. The van der Waals surface area contributed by atoms with Crippen LogP contribution in [-0.2, 0) is 9.53 Å². The van der Waals surface area contributed by atoms with Crippen LogP contribution in [0.5, 0.6) is 5.75 Å². The molecule has 0 aliphatic carbocycles. The van der Waals surface area contributed by atoms with Gasteiger partial charge in [-0.25, -0.2) is 9.59 Å². The molecule has 3 aromatic rings. The summed E-state index contributed by atoms with van der Waals surface area (Å²) in [5.74, 6) is -0.408. The number of rotatable bonds is 5. The molecule has 1 unspecified atom stereocenters. The zero-order valence-electron chi connectivity index (χ0n) is 14.4. The number of benzene rings is 2. The molecule has 0 spiro atoms. The van der Waals surface area contributed by atoms with Crippen LogP contribution in [0.2, 0.25) is 0 Å². The average Bonchev–Trinajstić information content (AvgIpc) is 2.65. The summed E-state index contributed by atoms with van der Waals surface area (Å²) in [5.41, 5.74) is 2.56. The highest BCUT2D eigenvalue weighted by molar-refractivity contribution is 5.94. The lowest BCUT2D eigenvalue weighted by Gasteiger charge is -2.15. The van der Waals surface area contributed by atoms with Crippen LogP contribution < -0.4 is 10.4 Å². The number of hydrogen-bond acceptors (Lipinski definition) is 6. The van der Waals surface area contributed by atoms with Crippen molar-refractivity contribution >= 4 is 16.9 Å². The summed E-state index contributed by atoms with van der Waals surface area (Å²) in [5, 5.41) is 10.0. The van der Waals surface area contributed by atoms with Crippen molar-refractivity contribution in [3.05, 3.63) is 64.5 Å². The number of aryl methyl sites for hydroxylation is 1. The van der Waals surface area contributed by atoms with Gasteiger partial charge in [0.05, 0.1) is 13.7 Å². The Morgan fingerprint density at radius 1 is 1.15 bits per heavy atom. The highest BCUT2D eigenvalue weighted by Crippen LogP contribution is 2.31. The van der Waals surface area contributed by atoms with Crippen molar-refractivity contribution < 1.29 is 23.8 Å². The molecule has 0 saturated heterocycles. The van der Waals surface area contributed by atoms with Crippen LogP contribution in [0.1, 0.15) is 5.56 Å². The minimum atomic E-state index is -1.15. The largest absolute Gasteiger partial charge is 0.476 e. The molecule has 0 bridgehead atoms. The summed E-state index contributed by atoms with van der Waals surface area (Å²) in [6, 6.07) is 14.1. The fourth-order valence-electron chi connectivity index (χ4n) is 2.77. The maximum absolute atomic E-state index is 12.0. The Morgan fingerprint density at radius 2 is 1.92 bits per heavy atom. The Kier molecular flexibility index (Phi) is 5.04. The van der Waals surface area contributed by atoms with Crippen LogP contribution >= 0.6 is 0 Å². The minimum absolute atomic E-state index is 0.284. The number of carbonyl (C=O) groups is 1. The van der Waals surface area contributed by atoms with Crippen LogP contribution in [-0.4, -0.2) is 30.9 Å². The molecule has 0 saturated carbocycles. The van der Waals surface area contributed by atoms with Crippen molar-refractivity contribution in [3.63, 3.8) is 0 Å². The number of esters is 1. The van der Waals surface area contributed by atoms with Gasteiger partial charge in [-0.2, -0.15) is 0 Å². The molecule has 6 nitrogen and oxygen atoms in total. The molecule has 0 amide bonds. The van der Waals surface area contributed by atoms with Gasteiger partial charge < -0.3 is 19.0 Å². The summed E-state index contributed by atoms with van der Waals surface area (Å²) < 4.78 is 15.3. The van der Waals surface area contributed by atoms with E-state index in [1.165, 1.54) is 19.2 Å². The first kappa shape index (κ1) is 17.7. The number of methoxy groups -OCH3 is 1. The second kappa shape index (κ2) is 7.41. The van der Waals surface area contributed by atoms with Crippen molar-refractivity contribution in [3.8, 4) is 16.9 Å². The predicted molar refractivity (Wildman–Crippen MR) is 96.2 cm³/mol. The number of carbonyl (C=O) groups excluding carboxylic acids is 1. The summed E-state index contributed by atoms with van der Waals surface area (Å²) in [6.07, 6.45) is -1.15. The topological polar surface area (TPSA) is 86.0 Å². The maximum Gasteiger partial charge on any atom is 0.349 e. The van der Waals surface area contributed by atoms with Crippen molar-refractivity contribution in [2.75, 3.05) is 13.7 Å². The highest BCUT2D eigenvalue weighted by atomic mass is 16.6. The smallest absolute Gasteiger partial charge is 0.349 e. The Hall–Kier alpha value is -3.12. The lowest BCUT2D eigenvalue weighted by molar-refractivity contribution is -0.150. The van der Waals surface area contributed by atoms with E-state index in [0.29, 0.717) is 5.58 Å². The van der Waals surface area contributed by atoms with Gasteiger partial charge >= 0.3 is 11.6 Å². The van der Waals surface area contributed by atoms with E-state index < -0.39 is 24.3 Å². The van der Waals surface area contributed by atoms with E-state index in [1.807, 2.05) is 31.2 Å². The van der Waals surface area contributed by atoms with Crippen LogP contribution in [0.15, 0.2) is 57.7 Å². The third-order valence-corrected chi connectivity index (χ3v) is 4.06. The van der Waals surface area contributed by atoms with Gasteiger partial charge in [0.15, 0.2) is 0 Å². The second-order valence-corrected chi connectivity index (χ2v) is 5.76. The standard InChI is InChI=1S/C20H18O6/c1-12-5-3-4-6-14(12)16-10-19(22)26-17-9-13(7-8-15(16)17)25-18(11-21)20(23)24-2/h3-10,18,21H,11H2,1-2H3. The maximum atomic E-state index is 12.0. The normalized spacial score (nSPS) is 12.0. The first-order valence-electron chi connectivity index (χ1n) is 8.02. The number of ether oxygens (including phenoxy) is 2. The molecular weight excluding hydrogens is 336 g/mol. The highest BCUT2D eigenvalue weighted by Gasteiger charge is 2.20. The molecule has 1 N–H and O–H groups in total. The van der Waals surface area contributed by atoms with Gasteiger partial charge in [-0.15, -0.1) is 0 Å². The molecule has 0 aliphatic heterocycles. The monoisotopic (exact) mass is 354 g/mol. The quantitative estimate of drug-likeness (QED) is 0.560. The first-order chi connectivity index (χ1) is 12.5. The van der Waals surface area contributed by atoms with Crippen molar-refractivity contribution in [1.29, 1.82) is 0 Å². The van der Waals surface area contributed by atoms with Gasteiger partial charge in [-0.05, 0) is 30.2 Å². The number of aliphatic hydroxyl groups is 1. The van der Waals surface area contributed by atoms with E-state index in [4.69, 9.17) is 9.15 Å². The predicted octanol–water partition coefficient (Wildman–Crippen LogP) is 2.68. The molecule has 3 rings (SSSR count). The Bertz CT molecular complexity index is 1000. The van der Waals surface area contributed by atoms with Crippen molar-refractivity contribution in [1.82, 2.24) is 0 Å². The molecule has 2 aromatic carbocycles. The van der Waals surface area contributed by atoms with Gasteiger partial charge in [-0.1, -0.05) is 24.3 Å². The summed E-state index contributed by atoms with van der Waals surface area (Å²) in [4.78, 5) is 23.6. The Labute approximate surface area is 149 Å². The van der Waals surface area contributed by atoms with Gasteiger partial charge in [0.25, 0.3) is 0 Å². The van der Waals surface area contributed by atoms with E-state index in [2.05, 4.69) is 4.74 Å². The zero-order valence-corrected chi connectivity index (χ0v) is 14.4. The lowest BCUT2D eigenvalue weighted by Crippen LogP contribution is -2.32. The van der Waals surface area contributed by atoms with Crippen molar-refractivity contribution in [2.24, 2.45) is 0 Å². The molecule has 0 aliphatic rings. The third kappa shape index (κ3) is 3.45. The minimum Gasteiger partial charge on any atom is -0.476 e. The van der Waals surface area contributed by atoms with Gasteiger partial charge in [0.1, 0.15) is 11.3 Å². The van der Waals surface area contributed by atoms with Crippen LogP contribution in [0, 0.1) is 6.92 Å². The molecule has 0 fully saturated rings. The van der Waals surface area contributed by atoms with Gasteiger partial charge in [-0.3, -0.25) is 0 Å². The molecule has 6 heteroatoms. The molecule has 0 radical (unpaired) electrons. The Morgan fingerprint density at radius 3 is 2.62 bits per heavy atom. The fourth-order valence-corrected chi connectivity index (χ4v) is 2.77. The van der Waals surface area contributed by atoms with E-state index >= 15 is 0 Å². The van der Waals surface area contributed by atoms with E-state index in [-0.39, 0.29) is 5.75 Å². The number of fused-ring (bicyclic) bond motifs is 1.